The van der Waals surface area contributed by atoms with Crippen LogP contribution >= 0.6 is 31.7 Å². The van der Waals surface area contributed by atoms with Crippen LogP contribution in [0.3, 0.4) is 0 Å². The fourth-order valence-electron chi connectivity index (χ4n) is 15.7. The Morgan fingerprint density at radius 3 is 0.728 bits per heavy atom. The van der Waals surface area contributed by atoms with Crippen LogP contribution in [0, 0.1) is 0 Å². The van der Waals surface area contributed by atoms with Gasteiger partial charge in [0.2, 0.25) is 0 Å². The van der Waals surface area contributed by atoms with E-state index in [1.54, 1.807) is 21.2 Å². The number of halogens is 2. The topological polar surface area (TPSA) is 0 Å². The number of hydrogen-bond acceptors (Lipinski definition) is 0. The first-order valence-corrected chi connectivity index (χ1v) is 43.6. The van der Waals surface area contributed by atoms with E-state index >= 15 is 0 Å². The molecule has 4 aliphatic rings. The zero-order valence-electron chi connectivity index (χ0n) is 58.0. The molecule has 4 fully saturated rings. The first-order chi connectivity index (χ1) is 43.5. The van der Waals surface area contributed by atoms with Crippen molar-refractivity contribution in [3.05, 3.63) is 146 Å². The Labute approximate surface area is 610 Å². The number of rotatable bonds is 28. The van der Waals surface area contributed by atoms with Crippen molar-refractivity contribution < 1.29 is 68.2 Å². The molecule has 8 heteroatoms. The van der Waals surface area contributed by atoms with Crippen molar-refractivity contribution >= 4 is 96.0 Å². The van der Waals surface area contributed by atoms with E-state index in [1.807, 2.05) is 0 Å². The molecule has 0 bridgehead atoms. The fourth-order valence-corrected chi connectivity index (χ4v) is 28.6. The van der Waals surface area contributed by atoms with E-state index in [0.717, 1.165) is 22.6 Å². The van der Waals surface area contributed by atoms with Crippen molar-refractivity contribution in [2.24, 2.45) is 0 Å². The third-order valence-electron chi connectivity index (χ3n) is 20.7. The third-order valence-corrected chi connectivity index (χ3v) is 33.1. The molecule has 4 saturated carbocycles. The molecule has 0 N–H and O–H groups in total. The van der Waals surface area contributed by atoms with Crippen LogP contribution in [-0.2, 0) is 43.4 Å². The summed E-state index contributed by atoms with van der Waals surface area (Å²) < 4.78 is 0. The van der Waals surface area contributed by atoms with E-state index in [4.69, 9.17) is 0 Å². The predicted molar refractivity (Wildman–Crippen MR) is 408 cm³/mol. The van der Waals surface area contributed by atoms with Gasteiger partial charge >= 0.3 is 43.4 Å². The molecular formula is C84H120Cl2P4Ti2-2. The summed E-state index contributed by atoms with van der Waals surface area (Å²) in [4.78, 5) is 0. The van der Waals surface area contributed by atoms with Gasteiger partial charge in [0.1, 0.15) is 0 Å². The molecule has 0 aromatic heterocycles. The van der Waals surface area contributed by atoms with Gasteiger partial charge in [-0.15, -0.1) is 161 Å². The van der Waals surface area contributed by atoms with Gasteiger partial charge in [-0.1, -0.05) is 238 Å². The van der Waals surface area contributed by atoms with Crippen molar-refractivity contribution in [1.29, 1.82) is 0 Å². The Hall–Kier alpha value is -0.951. The maximum atomic E-state index is 2.55. The molecule has 0 atom stereocenters. The summed E-state index contributed by atoms with van der Waals surface area (Å²) in [7, 11) is 0.251. The van der Waals surface area contributed by atoms with Gasteiger partial charge in [0, 0.05) is 0 Å². The van der Waals surface area contributed by atoms with Gasteiger partial charge in [0.05, 0.1) is 0 Å². The molecule has 0 saturated heterocycles. The summed E-state index contributed by atoms with van der Waals surface area (Å²) in [6.45, 7) is 9.21. The summed E-state index contributed by atoms with van der Waals surface area (Å²) in [5.74, 6) is 0. The third kappa shape index (κ3) is 26.0. The van der Waals surface area contributed by atoms with Crippen LogP contribution in [0.2, 0.25) is 0 Å². The fraction of sp³-hybridized carbons (Fsp3) is 0.571. The number of hydrogen-bond donors (Lipinski definition) is 0. The second kappa shape index (κ2) is 47.2. The molecule has 4 aliphatic carbocycles. The average molecular weight is 1420 g/mol. The predicted octanol–water partition coefficient (Wildman–Crippen LogP) is 20.3. The van der Waals surface area contributed by atoms with Crippen LogP contribution in [0.25, 0.3) is 43.1 Å². The molecule has 8 aromatic carbocycles. The number of fused-ring (bicyclic) bond motifs is 4. The molecule has 0 nitrogen and oxygen atoms in total. The van der Waals surface area contributed by atoms with E-state index < -0.39 is 0 Å². The van der Waals surface area contributed by atoms with E-state index in [0.29, 0.717) is 0 Å². The van der Waals surface area contributed by atoms with E-state index in [1.165, 1.54) is 299 Å². The van der Waals surface area contributed by atoms with Gasteiger partial charge in [0.25, 0.3) is 0 Å². The summed E-state index contributed by atoms with van der Waals surface area (Å²) in [6.07, 6.45) is 58.0. The monoisotopic (exact) mass is 1420 g/mol. The molecule has 12 rings (SSSR count). The summed E-state index contributed by atoms with van der Waals surface area (Å²) in [6, 6.07) is 55.7. The summed E-state index contributed by atoms with van der Waals surface area (Å²) in [5, 5.41) is 18.4. The molecule has 8 aromatic rings. The van der Waals surface area contributed by atoms with Gasteiger partial charge < -0.3 is 24.8 Å². The Morgan fingerprint density at radius 2 is 0.500 bits per heavy atom. The maximum absolute atomic E-state index is 2.55. The Kier molecular flexibility index (Phi) is 41.9. The standard InChI is InChI=1S/2C21H28P.2C21H32P.2ClH.2Ti/c2*1-3-11-19(12-4-1)22(20-13-5-2-6-14-20)21-15-17-9-7-8-10-18(17)16-21;2*1-3-5-7-11-15-22(16-12-8-6-4-2)21-17-19-13-9-10-14-20(19)18-21;;;;/h2*7-10,15-16,19-20H,1-6,11-14H2;2*9-10,13-14,17-18H,3-8,11-12,15-16H2,1-2H3;2*1H;;/q4*-1;;;2*+2/p-2. The molecule has 92 heavy (non-hydrogen) atoms. The first kappa shape index (κ1) is 81.7. The van der Waals surface area contributed by atoms with Crippen LogP contribution in [0.4, 0.5) is 0 Å². The van der Waals surface area contributed by atoms with Crippen LogP contribution in [0.5, 0.6) is 0 Å². The minimum absolute atomic E-state index is 0. The smallest absolute Gasteiger partial charge is 1.00 e. The summed E-state index contributed by atoms with van der Waals surface area (Å²) >= 11 is 0. The largest absolute Gasteiger partial charge is 2.00 e. The minimum Gasteiger partial charge on any atom is -1.00 e. The average Bonchev–Trinajstić information content (AvgIpc) is 1.67. The molecule has 0 heterocycles. The van der Waals surface area contributed by atoms with Crippen LogP contribution in [-0.4, -0.2) is 47.3 Å². The first-order valence-electron chi connectivity index (χ1n) is 37.2. The molecule has 0 spiro atoms. The van der Waals surface area contributed by atoms with Gasteiger partial charge in [-0.3, -0.25) is 0 Å². The minimum atomic E-state index is 0. The SMILES string of the molecule is CCCCCCP(CCCCCC)c1cc2ccccc2[cH-]1.CCCCCCP(CCCCCC)c1cc2ccccc2[cH-]1.[Cl-].[Cl-].[Ti+2].[Ti+2].c1ccc2[cH-]c(P(C3CCCCC3)C3CCCCC3)cc2c1.c1ccc2[cH-]c(P(C3CCCCC3)C3CCCCC3)cc2c1. The molecule has 0 amide bonds. The van der Waals surface area contributed by atoms with Crippen LogP contribution < -0.4 is 46.0 Å². The van der Waals surface area contributed by atoms with Crippen molar-refractivity contribution in [3.63, 3.8) is 0 Å². The van der Waals surface area contributed by atoms with Crippen LogP contribution in [0.1, 0.15) is 259 Å². The van der Waals surface area contributed by atoms with Gasteiger partial charge in [-0.2, -0.15) is 24.3 Å². The second-order valence-corrected chi connectivity index (χ2v) is 38.1. The zero-order chi connectivity index (χ0) is 60.8. The molecule has 0 radical (unpaired) electrons. The second-order valence-electron chi connectivity index (χ2n) is 27.6. The Bertz CT molecular complexity index is 2710. The van der Waals surface area contributed by atoms with Crippen molar-refractivity contribution in [3.8, 4) is 0 Å². The van der Waals surface area contributed by atoms with Gasteiger partial charge in [-0.25, -0.2) is 0 Å². The number of benzene rings is 4. The number of unbranched alkanes of at least 4 members (excludes halogenated alkanes) is 12. The maximum Gasteiger partial charge on any atom is 2.00 e. The van der Waals surface area contributed by atoms with Crippen molar-refractivity contribution in [2.75, 3.05) is 24.6 Å². The summed E-state index contributed by atoms with van der Waals surface area (Å²) in [5.41, 5.74) is 4.07. The van der Waals surface area contributed by atoms with Gasteiger partial charge in [0.15, 0.2) is 0 Å². The van der Waals surface area contributed by atoms with E-state index in [9.17, 15) is 0 Å². The zero-order valence-corrected chi connectivity index (χ0v) is 66.2. The normalized spacial score (nSPS) is 15.9. The molecular weight excluding hydrogens is 1300 g/mol. The molecule has 500 valence electrons. The van der Waals surface area contributed by atoms with Gasteiger partial charge in [-0.05, 0) is 124 Å². The van der Waals surface area contributed by atoms with Crippen LogP contribution in [0.15, 0.2) is 146 Å². The Balaban J connectivity index is 0.000000219. The molecule has 0 unspecified atom stereocenters. The van der Waals surface area contributed by atoms with E-state index in [-0.39, 0.29) is 99.9 Å². The van der Waals surface area contributed by atoms with E-state index in [2.05, 4.69) is 173 Å². The van der Waals surface area contributed by atoms with Crippen molar-refractivity contribution in [1.82, 2.24) is 0 Å². The van der Waals surface area contributed by atoms with Crippen molar-refractivity contribution in [2.45, 2.75) is 281 Å². The Morgan fingerprint density at radius 1 is 0.283 bits per heavy atom. The molecule has 0 aliphatic heterocycles. The quantitative estimate of drug-likeness (QED) is 0.0198.